The van der Waals surface area contributed by atoms with E-state index in [0.29, 0.717) is 35.6 Å². The molecule has 1 atom stereocenters. The van der Waals surface area contributed by atoms with Crippen molar-refractivity contribution in [3.05, 3.63) is 93.4 Å². The second-order valence-electron chi connectivity index (χ2n) is 11.9. The Morgan fingerprint density at radius 1 is 1.00 bits per heavy atom. The minimum Gasteiger partial charge on any atom is -0.457 e. The van der Waals surface area contributed by atoms with E-state index < -0.39 is 21.6 Å². The first kappa shape index (κ1) is 37.3. The van der Waals surface area contributed by atoms with E-state index in [1.807, 2.05) is 20.2 Å². The van der Waals surface area contributed by atoms with Gasteiger partial charge in [-0.3, -0.25) is 9.59 Å². The number of halogens is 3. The Morgan fingerprint density at radius 2 is 1.62 bits per heavy atom. The molecule has 0 saturated heterocycles. The molecule has 0 radical (unpaired) electrons. The molecule has 0 saturated carbocycles. The predicted octanol–water partition coefficient (Wildman–Crippen LogP) is 6.13. The Kier molecular flexibility index (Phi) is 13.2. The molecule has 0 bridgehead atoms. The van der Waals surface area contributed by atoms with Gasteiger partial charge in [-0.1, -0.05) is 26.0 Å². The molecule has 0 fully saturated rings. The van der Waals surface area contributed by atoms with Crippen molar-refractivity contribution >= 4 is 34.3 Å². The van der Waals surface area contributed by atoms with Crippen LogP contribution in [0.2, 0.25) is 0 Å². The van der Waals surface area contributed by atoms with Crippen LogP contribution in [0.25, 0.3) is 12.8 Å². The number of benzene rings is 3. The zero-order chi connectivity index (χ0) is 34.8. The highest BCUT2D eigenvalue weighted by Gasteiger charge is 2.30. The van der Waals surface area contributed by atoms with Crippen molar-refractivity contribution < 1.29 is 35.9 Å². The first-order valence-corrected chi connectivity index (χ1v) is 17.6. The average Bonchev–Trinajstić information content (AvgIpc) is 2.98. The highest BCUT2D eigenvalue weighted by Crippen LogP contribution is 2.31. The van der Waals surface area contributed by atoms with Crippen LogP contribution in [-0.2, 0) is 16.0 Å². The van der Waals surface area contributed by atoms with Crippen molar-refractivity contribution in [1.82, 2.24) is 10.2 Å². The van der Waals surface area contributed by atoms with Crippen molar-refractivity contribution in [3.63, 3.8) is 0 Å². The van der Waals surface area contributed by atoms with Gasteiger partial charge in [-0.05, 0) is 97.5 Å². The summed E-state index contributed by atoms with van der Waals surface area (Å²) in [6.45, 7) is 8.89. The van der Waals surface area contributed by atoms with Crippen LogP contribution in [0.4, 0.5) is 13.2 Å². The fourth-order valence-corrected chi connectivity index (χ4v) is 5.80. The lowest BCUT2D eigenvalue weighted by atomic mass is 9.94. The Bertz CT molecular complexity index is 1740. The Labute approximate surface area is 275 Å². The van der Waals surface area contributed by atoms with Gasteiger partial charge >= 0.3 is 6.18 Å². The Morgan fingerprint density at radius 3 is 2.19 bits per heavy atom. The SMILES string of the molecule is C=c1ccc(C(=O)NCCS(C)(=O)=O)c(C)/c1=C/N(C)CC(CCC)CCCC(=O)c1ccc(Oc2ccc(C(F)(F)F)cc2)cc1. The minimum atomic E-state index is -4.42. The normalized spacial score (nSPS) is 12.9. The van der Waals surface area contributed by atoms with E-state index in [-0.39, 0.29) is 29.7 Å². The van der Waals surface area contributed by atoms with Gasteiger partial charge in [-0.15, -0.1) is 0 Å². The zero-order valence-electron chi connectivity index (χ0n) is 27.3. The second-order valence-corrected chi connectivity index (χ2v) is 14.1. The summed E-state index contributed by atoms with van der Waals surface area (Å²) >= 11 is 0. The van der Waals surface area contributed by atoms with Crippen LogP contribution in [-0.4, -0.2) is 57.2 Å². The van der Waals surface area contributed by atoms with Crippen LogP contribution >= 0.6 is 0 Å². The first-order chi connectivity index (χ1) is 22.1. The highest BCUT2D eigenvalue weighted by atomic mass is 32.2. The number of carbonyl (C=O) groups is 2. The molecule has 7 nitrogen and oxygen atoms in total. The molecule has 3 aromatic carbocycles. The summed E-state index contributed by atoms with van der Waals surface area (Å²) in [6, 6.07) is 14.5. The maximum absolute atomic E-state index is 12.9. The van der Waals surface area contributed by atoms with Crippen molar-refractivity contribution in [3.8, 4) is 11.5 Å². The number of hydrogen-bond donors (Lipinski definition) is 1. The van der Waals surface area contributed by atoms with Crippen LogP contribution in [0.1, 0.15) is 70.9 Å². The number of ketones is 1. The third kappa shape index (κ3) is 11.9. The van der Waals surface area contributed by atoms with E-state index in [4.69, 9.17) is 4.74 Å². The maximum Gasteiger partial charge on any atom is 0.416 e. The fourth-order valence-electron chi connectivity index (χ4n) is 5.32. The van der Waals surface area contributed by atoms with Gasteiger partial charge in [-0.25, -0.2) is 8.42 Å². The van der Waals surface area contributed by atoms with E-state index in [2.05, 4.69) is 23.7 Å². The van der Waals surface area contributed by atoms with Crippen LogP contribution in [0, 0.1) is 12.8 Å². The van der Waals surface area contributed by atoms with Gasteiger partial charge in [0.15, 0.2) is 5.78 Å². The largest absolute Gasteiger partial charge is 0.457 e. The topological polar surface area (TPSA) is 92.8 Å². The molecule has 47 heavy (non-hydrogen) atoms. The smallest absolute Gasteiger partial charge is 0.416 e. The predicted molar refractivity (Wildman–Crippen MR) is 180 cm³/mol. The number of carbonyl (C=O) groups excluding carboxylic acids is 2. The van der Waals surface area contributed by atoms with Gasteiger partial charge < -0.3 is 15.0 Å². The number of sulfone groups is 1. The lowest BCUT2D eigenvalue weighted by Gasteiger charge is -2.23. The molecule has 0 aliphatic rings. The number of amides is 1. The molecule has 1 unspecified atom stereocenters. The third-order valence-electron chi connectivity index (χ3n) is 7.81. The molecule has 254 valence electrons. The first-order valence-electron chi connectivity index (χ1n) is 15.5. The summed E-state index contributed by atoms with van der Waals surface area (Å²) in [7, 11) is -1.21. The number of ether oxygens (including phenoxy) is 1. The van der Waals surface area contributed by atoms with Crippen molar-refractivity contribution in [2.75, 3.05) is 32.1 Å². The lowest BCUT2D eigenvalue weighted by molar-refractivity contribution is -0.137. The zero-order valence-corrected chi connectivity index (χ0v) is 28.1. The lowest BCUT2D eigenvalue weighted by Crippen LogP contribution is -2.35. The van der Waals surface area contributed by atoms with E-state index in [1.165, 1.54) is 12.1 Å². The molecular weight excluding hydrogens is 629 g/mol. The molecule has 0 spiro atoms. The molecule has 1 N–H and O–H groups in total. The summed E-state index contributed by atoms with van der Waals surface area (Å²) in [5.74, 6) is 0.561. The summed E-state index contributed by atoms with van der Waals surface area (Å²) in [4.78, 5) is 27.7. The molecule has 0 aromatic heterocycles. The van der Waals surface area contributed by atoms with Gasteiger partial charge in [-0.2, -0.15) is 13.2 Å². The van der Waals surface area contributed by atoms with Gasteiger partial charge in [0, 0.05) is 55.4 Å². The standard InChI is InChI=1S/C36H43F3N2O5S/c1-6-8-27(23-41(4)24-33-25(2)11-20-32(26(33)3)35(43)40-21-22-47(5,44)45)9-7-10-34(42)28-12-16-30(17-13-28)46-31-18-14-29(15-19-31)36(37,38)39/h11-20,24,27H,2,6-10,21-23H2,1,3-5H3,(H,40,43)/b33-24+. The van der Waals surface area contributed by atoms with Crippen LogP contribution in [0.15, 0.2) is 60.7 Å². The molecule has 1 amide bonds. The number of nitrogens with one attached hydrogen (secondary N) is 1. The monoisotopic (exact) mass is 672 g/mol. The van der Waals surface area contributed by atoms with Crippen LogP contribution in [0.3, 0.4) is 0 Å². The molecule has 3 rings (SSSR count). The Balaban J connectivity index is 1.56. The number of Topliss-reactive ketones (excluding diaryl/α,β-unsaturated/α-hetero) is 1. The average molecular weight is 673 g/mol. The van der Waals surface area contributed by atoms with E-state index in [1.54, 1.807) is 36.4 Å². The summed E-state index contributed by atoms with van der Waals surface area (Å²) in [5, 5.41) is 4.28. The van der Waals surface area contributed by atoms with Crippen molar-refractivity contribution in [2.45, 2.75) is 52.1 Å². The molecule has 0 aliphatic heterocycles. The van der Waals surface area contributed by atoms with Crippen LogP contribution in [0.5, 0.6) is 11.5 Å². The third-order valence-corrected chi connectivity index (χ3v) is 8.76. The highest BCUT2D eigenvalue weighted by molar-refractivity contribution is 7.90. The van der Waals surface area contributed by atoms with Gasteiger partial charge in [0.1, 0.15) is 21.3 Å². The van der Waals surface area contributed by atoms with Gasteiger partial charge in [0.25, 0.3) is 5.91 Å². The summed E-state index contributed by atoms with van der Waals surface area (Å²) < 4.78 is 66.8. The quantitative estimate of drug-likeness (QED) is 0.184. The summed E-state index contributed by atoms with van der Waals surface area (Å²) in [6.07, 6.45) is 2.62. The molecule has 11 heteroatoms. The number of alkyl halides is 3. The number of nitrogens with zero attached hydrogens (tertiary/aromatic N) is 1. The minimum absolute atomic E-state index is 0.00481. The van der Waals surface area contributed by atoms with Crippen molar-refractivity contribution in [2.24, 2.45) is 5.92 Å². The molecule has 0 aliphatic carbocycles. The molecule has 0 heterocycles. The fraction of sp³-hybridized carbons (Fsp3) is 0.389. The second kappa shape index (κ2) is 16.6. The van der Waals surface area contributed by atoms with E-state index >= 15 is 0 Å². The Hall–Kier alpha value is -4.12. The van der Waals surface area contributed by atoms with Gasteiger partial charge in [0.2, 0.25) is 0 Å². The molecule has 3 aromatic rings. The number of hydrogen-bond acceptors (Lipinski definition) is 6. The number of rotatable bonds is 16. The molecular formula is C36H43F3N2O5S. The van der Waals surface area contributed by atoms with Crippen molar-refractivity contribution in [1.29, 1.82) is 0 Å². The van der Waals surface area contributed by atoms with Gasteiger partial charge in [0.05, 0.1) is 11.3 Å². The maximum atomic E-state index is 12.9. The summed E-state index contributed by atoms with van der Waals surface area (Å²) in [5.41, 5.74) is 1.01. The van der Waals surface area contributed by atoms with E-state index in [9.17, 15) is 31.2 Å². The van der Waals surface area contributed by atoms with E-state index in [0.717, 1.165) is 60.2 Å². The van der Waals surface area contributed by atoms with Crippen LogP contribution < -0.4 is 20.5 Å².